The van der Waals surface area contributed by atoms with E-state index in [2.05, 4.69) is 5.32 Å². The van der Waals surface area contributed by atoms with Gasteiger partial charge in [0.25, 0.3) is 0 Å². The van der Waals surface area contributed by atoms with Crippen LogP contribution in [0.2, 0.25) is 0 Å². The van der Waals surface area contributed by atoms with E-state index in [1.807, 2.05) is 13.8 Å². The van der Waals surface area contributed by atoms with Crippen LogP contribution in [0.4, 0.5) is 0 Å². The smallest absolute Gasteiger partial charge is 0.0591 e. The van der Waals surface area contributed by atoms with Crippen molar-refractivity contribution in [2.75, 3.05) is 39.4 Å². The first-order valence-electron chi connectivity index (χ1n) is 4.53. The second kappa shape index (κ2) is 8.93. The molecule has 0 unspecified atom stereocenters. The van der Waals surface area contributed by atoms with Crippen LogP contribution in [0.3, 0.4) is 0 Å². The molecular formula is C8H20N2O2. The molecule has 0 radical (unpaired) electrons. The minimum Gasteiger partial charge on any atom is -0.379 e. The zero-order chi connectivity index (χ0) is 9.23. The number of nitrogens with one attached hydrogen (secondary N) is 1. The van der Waals surface area contributed by atoms with E-state index in [4.69, 9.17) is 9.94 Å². The lowest BCUT2D eigenvalue weighted by atomic mass is 10.5. The number of ether oxygens (including phenoxy) is 1. The van der Waals surface area contributed by atoms with Crippen LogP contribution >= 0.6 is 0 Å². The van der Waals surface area contributed by atoms with Crippen molar-refractivity contribution >= 4 is 0 Å². The van der Waals surface area contributed by atoms with Gasteiger partial charge >= 0.3 is 0 Å². The average molecular weight is 176 g/mol. The van der Waals surface area contributed by atoms with Crippen molar-refractivity contribution in [3.8, 4) is 0 Å². The molecular weight excluding hydrogens is 156 g/mol. The maximum Gasteiger partial charge on any atom is 0.0591 e. The monoisotopic (exact) mass is 176 g/mol. The SMILES string of the molecule is C1COCCN1.CCN(O)CC. The number of hydrogen-bond acceptors (Lipinski definition) is 4. The van der Waals surface area contributed by atoms with Crippen molar-refractivity contribution in [2.24, 2.45) is 0 Å². The molecule has 1 saturated heterocycles. The fourth-order valence-corrected chi connectivity index (χ4v) is 0.739. The number of hydrogen-bond donors (Lipinski definition) is 2. The van der Waals surface area contributed by atoms with Gasteiger partial charge in [0.1, 0.15) is 0 Å². The second-order valence-electron chi connectivity index (χ2n) is 2.50. The lowest BCUT2D eigenvalue weighted by Gasteiger charge is -2.10. The third-order valence-electron chi connectivity index (χ3n) is 1.58. The van der Waals surface area contributed by atoms with Crippen LogP contribution in [0, 0.1) is 0 Å². The van der Waals surface area contributed by atoms with Gasteiger partial charge in [0, 0.05) is 26.2 Å². The number of nitrogens with zero attached hydrogens (tertiary/aromatic N) is 1. The zero-order valence-electron chi connectivity index (χ0n) is 8.05. The van der Waals surface area contributed by atoms with Gasteiger partial charge in [-0.1, -0.05) is 13.8 Å². The molecule has 74 valence electrons. The van der Waals surface area contributed by atoms with Crippen LogP contribution in [0.1, 0.15) is 13.8 Å². The van der Waals surface area contributed by atoms with E-state index in [9.17, 15) is 0 Å². The van der Waals surface area contributed by atoms with E-state index in [1.165, 1.54) is 5.06 Å². The molecule has 2 N–H and O–H groups in total. The van der Waals surface area contributed by atoms with E-state index >= 15 is 0 Å². The third-order valence-corrected chi connectivity index (χ3v) is 1.58. The summed E-state index contributed by atoms with van der Waals surface area (Å²) in [7, 11) is 0. The Hall–Kier alpha value is -0.160. The van der Waals surface area contributed by atoms with Crippen molar-refractivity contribution < 1.29 is 9.94 Å². The molecule has 1 fully saturated rings. The van der Waals surface area contributed by atoms with E-state index in [0.29, 0.717) is 0 Å². The highest BCUT2D eigenvalue weighted by molar-refractivity contribution is 4.49. The van der Waals surface area contributed by atoms with Crippen LogP contribution in [0.25, 0.3) is 0 Å². The van der Waals surface area contributed by atoms with Crippen LogP contribution < -0.4 is 5.32 Å². The summed E-state index contributed by atoms with van der Waals surface area (Å²) in [6.45, 7) is 9.08. The summed E-state index contributed by atoms with van der Waals surface area (Å²) in [4.78, 5) is 0. The Morgan fingerprint density at radius 3 is 1.83 bits per heavy atom. The van der Waals surface area contributed by atoms with Gasteiger partial charge in [-0.05, 0) is 0 Å². The molecule has 0 amide bonds. The normalized spacial score (nSPS) is 17.0. The number of morpholine rings is 1. The van der Waals surface area contributed by atoms with Gasteiger partial charge in [-0.15, -0.1) is 0 Å². The highest BCUT2D eigenvalue weighted by atomic mass is 16.5. The molecule has 0 spiro atoms. The lowest BCUT2D eigenvalue weighted by Crippen LogP contribution is -2.30. The van der Waals surface area contributed by atoms with Gasteiger partial charge in [0.15, 0.2) is 0 Å². The Morgan fingerprint density at radius 2 is 1.75 bits per heavy atom. The highest BCUT2D eigenvalue weighted by Gasteiger charge is 1.92. The fraction of sp³-hybridized carbons (Fsp3) is 1.00. The van der Waals surface area contributed by atoms with Crippen LogP contribution in [-0.2, 0) is 4.74 Å². The van der Waals surface area contributed by atoms with Gasteiger partial charge in [-0.25, -0.2) is 0 Å². The molecule has 0 aromatic carbocycles. The topological polar surface area (TPSA) is 44.7 Å². The minimum atomic E-state index is 0.719. The second-order valence-corrected chi connectivity index (χ2v) is 2.50. The first kappa shape index (κ1) is 11.8. The summed E-state index contributed by atoms with van der Waals surface area (Å²) in [6.07, 6.45) is 0. The molecule has 1 aliphatic heterocycles. The van der Waals surface area contributed by atoms with E-state index in [-0.39, 0.29) is 0 Å². The van der Waals surface area contributed by atoms with Crippen molar-refractivity contribution in [1.29, 1.82) is 0 Å². The summed E-state index contributed by atoms with van der Waals surface area (Å²) in [5.74, 6) is 0. The summed E-state index contributed by atoms with van der Waals surface area (Å²) in [5.41, 5.74) is 0. The summed E-state index contributed by atoms with van der Waals surface area (Å²) in [6, 6.07) is 0. The van der Waals surface area contributed by atoms with Crippen LogP contribution in [0.15, 0.2) is 0 Å². The van der Waals surface area contributed by atoms with Crippen molar-refractivity contribution in [3.05, 3.63) is 0 Å². The molecule has 1 aliphatic rings. The van der Waals surface area contributed by atoms with E-state index in [1.54, 1.807) is 0 Å². The number of hydroxylamine groups is 2. The quantitative estimate of drug-likeness (QED) is 0.595. The molecule has 1 heterocycles. The Kier molecular flexibility index (Phi) is 8.81. The fourth-order valence-electron chi connectivity index (χ4n) is 0.739. The van der Waals surface area contributed by atoms with E-state index < -0.39 is 0 Å². The van der Waals surface area contributed by atoms with Gasteiger partial charge in [0.05, 0.1) is 13.2 Å². The van der Waals surface area contributed by atoms with Crippen LogP contribution in [0.5, 0.6) is 0 Å². The number of rotatable bonds is 2. The molecule has 0 aromatic rings. The molecule has 0 aliphatic carbocycles. The first-order chi connectivity index (χ1) is 5.81. The molecule has 12 heavy (non-hydrogen) atoms. The summed E-state index contributed by atoms with van der Waals surface area (Å²) in [5, 5.41) is 12.9. The van der Waals surface area contributed by atoms with Gasteiger partial charge in [-0.3, -0.25) is 0 Å². The Balaban J connectivity index is 0.000000202. The maximum absolute atomic E-state index is 8.50. The van der Waals surface area contributed by atoms with Crippen molar-refractivity contribution in [2.45, 2.75) is 13.8 Å². The van der Waals surface area contributed by atoms with Gasteiger partial charge < -0.3 is 15.3 Å². The molecule has 0 aromatic heterocycles. The molecule has 4 heteroatoms. The Bertz CT molecular complexity index is 71.6. The first-order valence-corrected chi connectivity index (χ1v) is 4.53. The maximum atomic E-state index is 8.50. The molecule has 0 bridgehead atoms. The molecule has 0 saturated carbocycles. The summed E-state index contributed by atoms with van der Waals surface area (Å²) < 4.78 is 5.01. The Morgan fingerprint density at radius 1 is 1.25 bits per heavy atom. The largest absolute Gasteiger partial charge is 0.379 e. The molecule has 4 nitrogen and oxygen atoms in total. The summed E-state index contributed by atoms with van der Waals surface area (Å²) >= 11 is 0. The van der Waals surface area contributed by atoms with Crippen molar-refractivity contribution in [3.63, 3.8) is 0 Å². The Labute approximate surface area is 74.5 Å². The average Bonchev–Trinajstić information content (AvgIpc) is 2.20. The van der Waals surface area contributed by atoms with E-state index in [0.717, 1.165) is 39.4 Å². The van der Waals surface area contributed by atoms with Gasteiger partial charge in [-0.2, -0.15) is 5.06 Å². The lowest BCUT2D eigenvalue weighted by molar-refractivity contribution is -0.0813. The molecule has 0 atom stereocenters. The standard InChI is InChI=1S/C4H9NO.C4H11NO/c1-3-6-4-2-5-1;1-3-5(6)4-2/h5H,1-4H2;6H,3-4H2,1-2H3. The van der Waals surface area contributed by atoms with Gasteiger partial charge in [0.2, 0.25) is 0 Å². The van der Waals surface area contributed by atoms with Crippen LogP contribution in [-0.4, -0.2) is 49.7 Å². The predicted octanol–water partition coefficient (Wildman–Crippen LogP) is 0.324. The third kappa shape index (κ3) is 7.94. The zero-order valence-corrected chi connectivity index (χ0v) is 8.05. The van der Waals surface area contributed by atoms with Crippen molar-refractivity contribution in [1.82, 2.24) is 10.4 Å². The molecule has 1 rings (SSSR count). The predicted molar refractivity (Wildman–Crippen MR) is 48.4 cm³/mol. The highest BCUT2D eigenvalue weighted by Crippen LogP contribution is 1.76. The minimum absolute atomic E-state index is 0.719.